The maximum Gasteiger partial charge on any atom is 0.307 e. The highest BCUT2D eigenvalue weighted by molar-refractivity contribution is 6.01. The highest BCUT2D eigenvalue weighted by atomic mass is 16.5. The van der Waals surface area contributed by atoms with E-state index >= 15 is 0 Å². The quantitative estimate of drug-likeness (QED) is 0.570. The maximum absolute atomic E-state index is 12.3. The summed E-state index contributed by atoms with van der Waals surface area (Å²) in [6.07, 6.45) is 1.49. The fourth-order valence-electron chi connectivity index (χ4n) is 2.48. The van der Waals surface area contributed by atoms with Crippen LogP contribution in [0.1, 0.15) is 21.7 Å². The summed E-state index contributed by atoms with van der Waals surface area (Å²) >= 11 is 0. The van der Waals surface area contributed by atoms with Crippen LogP contribution >= 0.6 is 0 Å². The van der Waals surface area contributed by atoms with Crippen LogP contribution in [-0.2, 0) is 0 Å². The van der Waals surface area contributed by atoms with Crippen LogP contribution in [0.4, 0.5) is 0 Å². The van der Waals surface area contributed by atoms with Crippen molar-refractivity contribution < 1.29 is 19.1 Å². The smallest absolute Gasteiger partial charge is 0.307 e. The van der Waals surface area contributed by atoms with Crippen LogP contribution in [0.2, 0.25) is 0 Å². The molecule has 0 fully saturated rings. The Kier molecular flexibility index (Phi) is 4.20. The van der Waals surface area contributed by atoms with Gasteiger partial charge in [0.25, 0.3) is 0 Å². The van der Waals surface area contributed by atoms with Crippen molar-refractivity contribution in [2.45, 2.75) is 6.92 Å². The van der Waals surface area contributed by atoms with Gasteiger partial charge in [0, 0.05) is 11.1 Å². The molecule has 0 aliphatic carbocycles. The lowest BCUT2D eigenvalue weighted by Gasteiger charge is -2.03. The molecule has 1 aromatic heterocycles. The maximum atomic E-state index is 12.3. The second-order valence-electron chi connectivity index (χ2n) is 5.15. The van der Waals surface area contributed by atoms with Crippen LogP contribution in [0.5, 0.6) is 11.5 Å². The van der Waals surface area contributed by atoms with Crippen LogP contribution in [-0.4, -0.2) is 24.3 Å². The number of hydrogen-bond donors (Lipinski definition) is 2. The van der Waals surface area contributed by atoms with Crippen molar-refractivity contribution in [2.24, 2.45) is 5.10 Å². The molecular formula is C18H16N2O4. The largest absolute Gasteiger partial charge is 0.507 e. The summed E-state index contributed by atoms with van der Waals surface area (Å²) in [5.41, 5.74) is 4.17. The minimum absolute atomic E-state index is 0.0744. The summed E-state index contributed by atoms with van der Waals surface area (Å²) in [6.45, 7) is 1.71. The number of methoxy groups -OCH3 is 1. The molecule has 0 aliphatic heterocycles. The number of carbonyl (C=O) groups excluding carboxylic acids is 1. The van der Waals surface area contributed by atoms with Crippen LogP contribution in [0.3, 0.4) is 0 Å². The minimum atomic E-state index is -0.491. The third kappa shape index (κ3) is 2.81. The van der Waals surface area contributed by atoms with E-state index < -0.39 is 5.91 Å². The Morgan fingerprint density at radius 2 is 2.04 bits per heavy atom. The molecule has 1 amide bonds. The van der Waals surface area contributed by atoms with Crippen molar-refractivity contribution >= 4 is 23.1 Å². The molecule has 0 radical (unpaired) electrons. The number of amides is 1. The number of nitrogens with zero attached hydrogens (tertiary/aromatic N) is 1. The van der Waals surface area contributed by atoms with Crippen molar-refractivity contribution in [3.8, 4) is 11.5 Å². The molecule has 0 unspecified atom stereocenters. The number of benzene rings is 2. The number of phenolic OH excluding ortho intramolecular Hbond substituents is 1. The topological polar surface area (TPSA) is 84.1 Å². The van der Waals surface area contributed by atoms with Gasteiger partial charge in [0.15, 0.2) is 5.76 Å². The fraction of sp³-hybridized carbons (Fsp3) is 0.111. The van der Waals surface area contributed by atoms with Gasteiger partial charge in [-0.25, -0.2) is 5.43 Å². The average molecular weight is 324 g/mol. The van der Waals surface area contributed by atoms with Gasteiger partial charge < -0.3 is 14.3 Å². The number of hydrazone groups is 1. The summed E-state index contributed by atoms with van der Waals surface area (Å²) in [5, 5.41) is 14.4. The Labute approximate surface area is 138 Å². The van der Waals surface area contributed by atoms with E-state index in [9.17, 15) is 9.90 Å². The van der Waals surface area contributed by atoms with Crippen molar-refractivity contribution in [1.82, 2.24) is 5.43 Å². The third-order valence-corrected chi connectivity index (χ3v) is 3.65. The van der Waals surface area contributed by atoms with E-state index in [1.807, 2.05) is 18.2 Å². The van der Waals surface area contributed by atoms with Crippen molar-refractivity contribution in [1.29, 1.82) is 0 Å². The number of nitrogens with one attached hydrogen (secondary N) is 1. The Hall–Kier alpha value is -3.28. The Balaban J connectivity index is 1.82. The molecule has 6 heteroatoms. The van der Waals surface area contributed by atoms with Crippen molar-refractivity contribution in [2.75, 3.05) is 7.11 Å². The van der Waals surface area contributed by atoms with Gasteiger partial charge in [-0.2, -0.15) is 5.10 Å². The van der Waals surface area contributed by atoms with Crippen molar-refractivity contribution in [3.63, 3.8) is 0 Å². The predicted octanol–water partition coefficient (Wildman–Crippen LogP) is 3.22. The summed E-state index contributed by atoms with van der Waals surface area (Å²) in [5.74, 6) is 0.351. The minimum Gasteiger partial charge on any atom is -0.507 e. The molecule has 1 heterocycles. The standard InChI is InChI=1S/C18H16N2O4/c1-11-16-13(21)7-5-9-15(16)24-17(11)18(22)20-19-10-12-6-3-4-8-14(12)23-2/h3-10,21H,1-2H3,(H,20,22). The molecule has 0 bridgehead atoms. The van der Waals surface area contributed by atoms with Gasteiger partial charge in [0.05, 0.1) is 18.7 Å². The van der Waals surface area contributed by atoms with Gasteiger partial charge in [-0.15, -0.1) is 0 Å². The summed E-state index contributed by atoms with van der Waals surface area (Å²) in [4.78, 5) is 12.3. The summed E-state index contributed by atoms with van der Waals surface area (Å²) in [7, 11) is 1.56. The first kappa shape index (κ1) is 15.6. The highest BCUT2D eigenvalue weighted by Gasteiger charge is 2.19. The van der Waals surface area contributed by atoms with E-state index in [2.05, 4.69) is 10.5 Å². The molecule has 2 N–H and O–H groups in total. The van der Waals surface area contributed by atoms with Gasteiger partial charge in [-0.05, 0) is 31.2 Å². The average Bonchev–Trinajstić information content (AvgIpc) is 2.93. The molecule has 24 heavy (non-hydrogen) atoms. The van der Waals surface area contributed by atoms with E-state index in [0.29, 0.717) is 22.3 Å². The number of carbonyl (C=O) groups is 1. The Morgan fingerprint density at radius 3 is 2.79 bits per heavy atom. The van der Waals surface area contributed by atoms with E-state index in [0.717, 1.165) is 5.56 Å². The number of fused-ring (bicyclic) bond motifs is 1. The van der Waals surface area contributed by atoms with Gasteiger partial charge in [0.2, 0.25) is 0 Å². The summed E-state index contributed by atoms with van der Waals surface area (Å²) in [6, 6.07) is 12.2. The van der Waals surface area contributed by atoms with Gasteiger partial charge in [-0.3, -0.25) is 4.79 Å². The molecule has 2 aromatic carbocycles. The number of para-hydroxylation sites is 1. The zero-order valence-corrected chi connectivity index (χ0v) is 13.2. The molecule has 3 aromatic rings. The lowest BCUT2D eigenvalue weighted by Crippen LogP contribution is -2.17. The number of aromatic hydroxyl groups is 1. The van der Waals surface area contributed by atoms with E-state index in [1.54, 1.807) is 38.3 Å². The number of phenols is 1. The highest BCUT2D eigenvalue weighted by Crippen LogP contribution is 2.32. The van der Waals surface area contributed by atoms with Gasteiger partial charge in [-0.1, -0.05) is 18.2 Å². The lowest BCUT2D eigenvalue weighted by molar-refractivity contribution is 0.0929. The van der Waals surface area contributed by atoms with E-state index in [1.165, 1.54) is 6.21 Å². The molecule has 3 rings (SSSR count). The zero-order chi connectivity index (χ0) is 17.1. The van der Waals surface area contributed by atoms with Crippen LogP contribution in [0, 0.1) is 6.92 Å². The van der Waals surface area contributed by atoms with Crippen LogP contribution < -0.4 is 10.2 Å². The third-order valence-electron chi connectivity index (χ3n) is 3.65. The van der Waals surface area contributed by atoms with E-state index in [4.69, 9.17) is 9.15 Å². The van der Waals surface area contributed by atoms with Gasteiger partial charge in [0.1, 0.15) is 17.1 Å². The monoisotopic (exact) mass is 324 g/mol. The Bertz CT molecular complexity index is 928. The van der Waals surface area contributed by atoms with Gasteiger partial charge >= 0.3 is 5.91 Å². The predicted molar refractivity (Wildman–Crippen MR) is 90.7 cm³/mol. The SMILES string of the molecule is COc1ccccc1C=NNC(=O)c1oc2cccc(O)c2c1C. The number of aryl methyl sites for hydroxylation is 1. The number of ether oxygens (including phenoxy) is 1. The molecule has 0 spiro atoms. The molecule has 0 aliphatic rings. The molecule has 122 valence electrons. The van der Waals surface area contributed by atoms with Crippen molar-refractivity contribution in [3.05, 3.63) is 59.4 Å². The number of furan rings is 1. The molecule has 0 saturated carbocycles. The first-order chi connectivity index (χ1) is 11.6. The van der Waals surface area contributed by atoms with Crippen LogP contribution in [0.15, 0.2) is 52.0 Å². The number of hydrogen-bond acceptors (Lipinski definition) is 5. The molecular weight excluding hydrogens is 308 g/mol. The molecule has 6 nitrogen and oxygen atoms in total. The lowest BCUT2D eigenvalue weighted by atomic mass is 10.1. The number of rotatable bonds is 4. The second kappa shape index (κ2) is 6.45. The molecule has 0 atom stereocenters. The normalized spacial score (nSPS) is 11.1. The van der Waals surface area contributed by atoms with E-state index in [-0.39, 0.29) is 11.5 Å². The first-order valence-corrected chi connectivity index (χ1v) is 7.29. The zero-order valence-electron chi connectivity index (χ0n) is 13.2. The molecule has 0 saturated heterocycles. The van der Waals surface area contributed by atoms with Crippen LogP contribution in [0.25, 0.3) is 11.0 Å². The summed E-state index contributed by atoms with van der Waals surface area (Å²) < 4.78 is 10.7. The second-order valence-corrected chi connectivity index (χ2v) is 5.15. The fourth-order valence-corrected chi connectivity index (χ4v) is 2.48. The Morgan fingerprint density at radius 1 is 1.25 bits per heavy atom. The first-order valence-electron chi connectivity index (χ1n) is 7.29.